The van der Waals surface area contributed by atoms with E-state index in [2.05, 4.69) is 33.0 Å². The van der Waals surface area contributed by atoms with Gasteiger partial charge in [0.25, 0.3) is 0 Å². The van der Waals surface area contributed by atoms with Crippen molar-refractivity contribution in [1.82, 2.24) is 5.32 Å². The fourth-order valence-corrected chi connectivity index (χ4v) is 1.34. The fraction of sp³-hybridized carbons (Fsp3) is 1.00. The molecule has 0 amide bonds. The van der Waals surface area contributed by atoms with E-state index in [9.17, 15) is 0 Å². The van der Waals surface area contributed by atoms with E-state index in [1.807, 2.05) is 0 Å². The number of hydrogen-bond donors (Lipinski definition) is 1. The van der Waals surface area contributed by atoms with Crippen LogP contribution in [0.25, 0.3) is 0 Å². The summed E-state index contributed by atoms with van der Waals surface area (Å²) in [6.07, 6.45) is 0.253. The summed E-state index contributed by atoms with van der Waals surface area (Å²) in [4.78, 5) is 0. The Kier molecular flexibility index (Phi) is 10.9. The maximum atomic E-state index is 5.81. The third-order valence-electron chi connectivity index (χ3n) is 2.46. The summed E-state index contributed by atoms with van der Waals surface area (Å²) in [7, 11) is 1.67. The molecule has 0 aromatic heterocycles. The zero-order valence-electron chi connectivity index (χ0n) is 12.0. The highest BCUT2D eigenvalue weighted by molar-refractivity contribution is 4.67. The van der Waals surface area contributed by atoms with Crippen molar-refractivity contribution >= 4 is 0 Å². The lowest BCUT2D eigenvalue weighted by Crippen LogP contribution is -2.37. The smallest absolute Gasteiger partial charge is 0.0723 e. The second-order valence-electron chi connectivity index (χ2n) is 4.82. The minimum atomic E-state index is 0.253. The van der Waals surface area contributed by atoms with Gasteiger partial charge < -0.3 is 19.5 Å². The molecule has 1 N–H and O–H groups in total. The van der Waals surface area contributed by atoms with Crippen molar-refractivity contribution in [2.45, 2.75) is 39.8 Å². The summed E-state index contributed by atoms with van der Waals surface area (Å²) < 4.78 is 16.1. The first-order valence-electron chi connectivity index (χ1n) is 6.49. The first-order valence-corrected chi connectivity index (χ1v) is 6.49. The van der Waals surface area contributed by atoms with E-state index in [1.165, 1.54) is 0 Å². The monoisotopic (exact) mass is 247 g/mol. The van der Waals surface area contributed by atoms with Crippen LogP contribution in [0.2, 0.25) is 0 Å². The molecular formula is C13H29NO3. The highest BCUT2D eigenvalue weighted by Gasteiger charge is 2.13. The second kappa shape index (κ2) is 11.0. The highest BCUT2D eigenvalue weighted by atomic mass is 16.5. The molecule has 0 aliphatic heterocycles. The molecule has 104 valence electrons. The molecule has 0 saturated carbocycles. The van der Waals surface area contributed by atoms with E-state index in [0.717, 1.165) is 6.54 Å². The lowest BCUT2D eigenvalue weighted by Gasteiger charge is -2.23. The van der Waals surface area contributed by atoms with Crippen LogP contribution in [-0.4, -0.2) is 52.2 Å². The van der Waals surface area contributed by atoms with E-state index in [0.29, 0.717) is 38.4 Å². The molecule has 0 aliphatic carbocycles. The third-order valence-corrected chi connectivity index (χ3v) is 2.46. The second-order valence-corrected chi connectivity index (χ2v) is 4.82. The zero-order chi connectivity index (χ0) is 13.1. The van der Waals surface area contributed by atoms with Crippen LogP contribution in [-0.2, 0) is 14.2 Å². The average Bonchev–Trinajstić information content (AvgIpc) is 2.26. The SMILES string of the molecule is COCCOCCOC(CNC(C)C)C(C)C. The van der Waals surface area contributed by atoms with Gasteiger partial charge in [0, 0.05) is 19.7 Å². The van der Waals surface area contributed by atoms with Crippen molar-refractivity contribution in [3.05, 3.63) is 0 Å². The van der Waals surface area contributed by atoms with E-state index < -0.39 is 0 Å². The Bertz CT molecular complexity index is 163. The number of ether oxygens (including phenoxy) is 3. The van der Waals surface area contributed by atoms with Crippen molar-refractivity contribution in [1.29, 1.82) is 0 Å². The number of methoxy groups -OCH3 is 1. The van der Waals surface area contributed by atoms with Crippen LogP contribution in [0.4, 0.5) is 0 Å². The van der Waals surface area contributed by atoms with Gasteiger partial charge in [0.1, 0.15) is 0 Å². The lowest BCUT2D eigenvalue weighted by atomic mass is 10.1. The fourth-order valence-electron chi connectivity index (χ4n) is 1.34. The van der Waals surface area contributed by atoms with Gasteiger partial charge in [-0.3, -0.25) is 0 Å². The largest absolute Gasteiger partial charge is 0.382 e. The standard InChI is InChI=1S/C13H29NO3/c1-11(2)13(10-14-12(3)4)17-9-8-16-7-6-15-5/h11-14H,6-10H2,1-5H3. The van der Waals surface area contributed by atoms with Gasteiger partial charge in [-0.05, 0) is 5.92 Å². The van der Waals surface area contributed by atoms with Gasteiger partial charge >= 0.3 is 0 Å². The molecule has 4 heteroatoms. The topological polar surface area (TPSA) is 39.7 Å². The number of nitrogens with one attached hydrogen (secondary N) is 1. The normalized spacial score (nSPS) is 13.6. The van der Waals surface area contributed by atoms with E-state index in [4.69, 9.17) is 14.2 Å². The molecule has 0 aromatic carbocycles. The van der Waals surface area contributed by atoms with Crippen LogP contribution >= 0.6 is 0 Å². The highest BCUT2D eigenvalue weighted by Crippen LogP contribution is 2.05. The van der Waals surface area contributed by atoms with E-state index >= 15 is 0 Å². The maximum absolute atomic E-state index is 5.81. The van der Waals surface area contributed by atoms with Gasteiger partial charge in [-0.1, -0.05) is 27.7 Å². The van der Waals surface area contributed by atoms with Gasteiger partial charge in [-0.2, -0.15) is 0 Å². The molecule has 4 nitrogen and oxygen atoms in total. The predicted octanol–water partition coefficient (Wildman–Crippen LogP) is 1.69. The molecule has 17 heavy (non-hydrogen) atoms. The van der Waals surface area contributed by atoms with Crippen molar-refractivity contribution in [3.63, 3.8) is 0 Å². The molecular weight excluding hydrogens is 218 g/mol. The first kappa shape index (κ1) is 16.8. The summed E-state index contributed by atoms with van der Waals surface area (Å²) in [6.45, 7) is 12.1. The van der Waals surface area contributed by atoms with Gasteiger partial charge in [0.2, 0.25) is 0 Å². The van der Waals surface area contributed by atoms with Crippen molar-refractivity contribution in [2.24, 2.45) is 5.92 Å². The van der Waals surface area contributed by atoms with Crippen LogP contribution in [0, 0.1) is 5.92 Å². The third kappa shape index (κ3) is 10.7. The van der Waals surface area contributed by atoms with E-state index in [-0.39, 0.29) is 6.10 Å². The van der Waals surface area contributed by atoms with Crippen LogP contribution in [0.5, 0.6) is 0 Å². The Morgan fingerprint density at radius 2 is 1.59 bits per heavy atom. The summed E-state index contributed by atoms with van der Waals surface area (Å²) >= 11 is 0. The minimum absolute atomic E-state index is 0.253. The van der Waals surface area contributed by atoms with Crippen LogP contribution in [0.3, 0.4) is 0 Å². The summed E-state index contributed by atoms with van der Waals surface area (Å²) in [5, 5.41) is 3.40. The van der Waals surface area contributed by atoms with Crippen LogP contribution in [0.1, 0.15) is 27.7 Å². The quantitative estimate of drug-likeness (QED) is 0.564. The predicted molar refractivity (Wildman–Crippen MR) is 70.4 cm³/mol. The zero-order valence-corrected chi connectivity index (χ0v) is 12.0. The summed E-state index contributed by atoms with van der Waals surface area (Å²) in [6, 6.07) is 0.498. The molecule has 0 aromatic rings. The molecule has 0 radical (unpaired) electrons. The average molecular weight is 247 g/mol. The van der Waals surface area contributed by atoms with Crippen LogP contribution in [0.15, 0.2) is 0 Å². The Morgan fingerprint density at radius 3 is 2.12 bits per heavy atom. The van der Waals surface area contributed by atoms with Crippen molar-refractivity contribution < 1.29 is 14.2 Å². The maximum Gasteiger partial charge on any atom is 0.0723 e. The van der Waals surface area contributed by atoms with Gasteiger partial charge in [-0.25, -0.2) is 0 Å². The molecule has 0 fully saturated rings. The molecule has 0 aliphatic rings. The molecule has 0 heterocycles. The molecule has 1 unspecified atom stereocenters. The van der Waals surface area contributed by atoms with Crippen molar-refractivity contribution in [3.8, 4) is 0 Å². The number of hydrogen-bond acceptors (Lipinski definition) is 4. The Balaban J connectivity index is 3.56. The van der Waals surface area contributed by atoms with Gasteiger partial charge in [0.05, 0.1) is 32.5 Å². The summed E-state index contributed by atoms with van der Waals surface area (Å²) in [5.41, 5.74) is 0. The van der Waals surface area contributed by atoms with E-state index in [1.54, 1.807) is 7.11 Å². The molecule has 0 spiro atoms. The molecule has 0 bridgehead atoms. The molecule has 1 atom stereocenters. The Labute approximate surface area is 106 Å². The number of rotatable bonds is 11. The van der Waals surface area contributed by atoms with Crippen LogP contribution < -0.4 is 5.32 Å². The minimum Gasteiger partial charge on any atom is -0.382 e. The van der Waals surface area contributed by atoms with Crippen molar-refractivity contribution in [2.75, 3.05) is 40.1 Å². The first-order chi connectivity index (χ1) is 8.07. The Morgan fingerprint density at radius 1 is 0.941 bits per heavy atom. The van der Waals surface area contributed by atoms with Gasteiger partial charge in [-0.15, -0.1) is 0 Å². The Hall–Kier alpha value is -0.160. The summed E-state index contributed by atoms with van der Waals surface area (Å²) in [5.74, 6) is 0.514. The lowest BCUT2D eigenvalue weighted by molar-refractivity contribution is -0.0222. The molecule has 0 rings (SSSR count). The molecule has 0 saturated heterocycles. The van der Waals surface area contributed by atoms with Gasteiger partial charge in [0.15, 0.2) is 0 Å².